The highest BCUT2D eigenvalue weighted by Crippen LogP contribution is 2.29. The highest BCUT2D eigenvalue weighted by atomic mass is 32.1. The van der Waals surface area contributed by atoms with E-state index in [0.717, 1.165) is 17.7 Å². The summed E-state index contributed by atoms with van der Waals surface area (Å²) in [4.78, 5) is 12.3. The fraction of sp³-hybridized carbons (Fsp3) is 0.214. The van der Waals surface area contributed by atoms with E-state index in [0.29, 0.717) is 17.8 Å². The van der Waals surface area contributed by atoms with Gasteiger partial charge in [0.25, 0.3) is 5.91 Å². The first-order chi connectivity index (χ1) is 9.47. The van der Waals surface area contributed by atoms with Crippen molar-refractivity contribution < 1.29 is 18.0 Å². The van der Waals surface area contributed by atoms with Gasteiger partial charge in [-0.3, -0.25) is 4.79 Å². The third kappa shape index (κ3) is 3.84. The molecule has 1 amide bonds. The first-order valence-electron chi connectivity index (χ1n) is 5.94. The third-order valence-electron chi connectivity index (χ3n) is 2.73. The number of benzene rings is 1. The van der Waals surface area contributed by atoms with Gasteiger partial charge in [0.15, 0.2) is 0 Å². The third-order valence-corrected chi connectivity index (χ3v) is 3.59. The lowest BCUT2D eigenvalue weighted by Crippen LogP contribution is -2.24. The van der Waals surface area contributed by atoms with Gasteiger partial charge in [0.1, 0.15) is 0 Å². The van der Waals surface area contributed by atoms with Crippen molar-refractivity contribution in [2.45, 2.75) is 12.6 Å². The van der Waals surface area contributed by atoms with E-state index in [4.69, 9.17) is 0 Å². The average Bonchev–Trinajstić information content (AvgIpc) is 2.92. The predicted molar refractivity (Wildman–Crippen MR) is 71.8 cm³/mol. The van der Waals surface area contributed by atoms with E-state index in [1.807, 2.05) is 5.38 Å². The summed E-state index contributed by atoms with van der Waals surface area (Å²) in [6.07, 6.45) is -3.82. The summed E-state index contributed by atoms with van der Waals surface area (Å²) in [5, 5.41) is 4.54. The number of thiophene rings is 1. The lowest BCUT2D eigenvalue weighted by Gasteiger charge is -2.08. The fourth-order valence-electron chi connectivity index (χ4n) is 1.68. The molecule has 0 spiro atoms. The van der Waals surface area contributed by atoms with E-state index in [1.165, 1.54) is 23.5 Å². The van der Waals surface area contributed by atoms with Gasteiger partial charge in [-0.25, -0.2) is 0 Å². The zero-order valence-corrected chi connectivity index (χ0v) is 11.2. The minimum Gasteiger partial charge on any atom is -0.351 e. The van der Waals surface area contributed by atoms with Gasteiger partial charge in [-0.05, 0) is 35.6 Å². The molecule has 0 atom stereocenters. The van der Waals surface area contributed by atoms with Gasteiger partial charge in [-0.1, -0.05) is 18.2 Å². The predicted octanol–water partition coefficient (Wildman–Crippen LogP) is 3.74. The van der Waals surface area contributed by atoms with Crippen molar-refractivity contribution in [1.82, 2.24) is 5.32 Å². The lowest BCUT2D eigenvalue weighted by atomic mass is 10.1. The van der Waals surface area contributed by atoms with Crippen LogP contribution in [0.4, 0.5) is 13.2 Å². The molecule has 106 valence electrons. The molecule has 6 heteroatoms. The molecule has 0 aliphatic carbocycles. The van der Waals surface area contributed by atoms with Crippen LogP contribution in [0.3, 0.4) is 0 Å². The standard InChI is InChI=1S/C14H12F3NOS/c15-14(16,17)11-5-3-10(4-6-11)7-8-18-13(19)12-2-1-9-20-12/h1-6,9H,7-8H2,(H,18,19). The zero-order chi connectivity index (χ0) is 14.6. The Hall–Kier alpha value is -1.82. The Morgan fingerprint density at radius 3 is 2.40 bits per heavy atom. The number of amides is 1. The van der Waals surface area contributed by atoms with E-state index in [9.17, 15) is 18.0 Å². The molecule has 0 saturated carbocycles. The van der Waals surface area contributed by atoms with Crippen LogP contribution in [0.1, 0.15) is 20.8 Å². The zero-order valence-electron chi connectivity index (χ0n) is 10.4. The number of carbonyl (C=O) groups is 1. The van der Waals surface area contributed by atoms with Crippen LogP contribution in [0, 0.1) is 0 Å². The molecule has 2 aromatic rings. The Balaban J connectivity index is 1.84. The number of hydrogen-bond donors (Lipinski definition) is 1. The quantitative estimate of drug-likeness (QED) is 0.915. The molecule has 0 bridgehead atoms. The molecular weight excluding hydrogens is 287 g/mol. The van der Waals surface area contributed by atoms with Crippen molar-refractivity contribution in [2.24, 2.45) is 0 Å². The number of nitrogens with one attached hydrogen (secondary N) is 1. The van der Waals surface area contributed by atoms with Crippen LogP contribution in [0.25, 0.3) is 0 Å². The molecule has 1 aromatic heterocycles. The van der Waals surface area contributed by atoms with Crippen molar-refractivity contribution in [3.05, 3.63) is 57.8 Å². The van der Waals surface area contributed by atoms with Gasteiger partial charge < -0.3 is 5.32 Å². The van der Waals surface area contributed by atoms with Gasteiger partial charge in [0.05, 0.1) is 10.4 Å². The maximum absolute atomic E-state index is 12.4. The molecule has 0 aliphatic rings. The molecule has 20 heavy (non-hydrogen) atoms. The van der Waals surface area contributed by atoms with E-state index in [-0.39, 0.29) is 5.91 Å². The Bertz CT molecular complexity index is 561. The molecule has 0 radical (unpaired) electrons. The van der Waals surface area contributed by atoms with Crippen molar-refractivity contribution >= 4 is 17.2 Å². The Morgan fingerprint density at radius 2 is 1.85 bits per heavy atom. The van der Waals surface area contributed by atoms with Crippen LogP contribution in [-0.2, 0) is 12.6 Å². The van der Waals surface area contributed by atoms with Gasteiger partial charge in [-0.2, -0.15) is 13.2 Å². The van der Waals surface area contributed by atoms with E-state index in [2.05, 4.69) is 5.32 Å². The highest BCUT2D eigenvalue weighted by molar-refractivity contribution is 7.12. The largest absolute Gasteiger partial charge is 0.416 e. The molecule has 0 saturated heterocycles. The fourth-order valence-corrected chi connectivity index (χ4v) is 2.32. The smallest absolute Gasteiger partial charge is 0.351 e. The van der Waals surface area contributed by atoms with E-state index in [1.54, 1.807) is 12.1 Å². The number of rotatable bonds is 4. The van der Waals surface area contributed by atoms with Crippen molar-refractivity contribution in [3.63, 3.8) is 0 Å². The number of alkyl halides is 3. The van der Waals surface area contributed by atoms with Crippen molar-refractivity contribution in [2.75, 3.05) is 6.54 Å². The minimum atomic E-state index is -4.31. The molecule has 2 nitrogen and oxygen atoms in total. The van der Waals surface area contributed by atoms with Crippen LogP contribution in [0.15, 0.2) is 41.8 Å². The molecule has 1 N–H and O–H groups in total. The van der Waals surface area contributed by atoms with Crippen molar-refractivity contribution in [3.8, 4) is 0 Å². The van der Waals surface area contributed by atoms with Crippen LogP contribution in [0.2, 0.25) is 0 Å². The van der Waals surface area contributed by atoms with Crippen LogP contribution in [-0.4, -0.2) is 12.5 Å². The van der Waals surface area contributed by atoms with Crippen molar-refractivity contribution in [1.29, 1.82) is 0 Å². The monoisotopic (exact) mass is 299 g/mol. The number of hydrogen-bond acceptors (Lipinski definition) is 2. The van der Waals surface area contributed by atoms with Gasteiger partial charge in [0.2, 0.25) is 0 Å². The molecule has 1 heterocycles. The molecule has 2 rings (SSSR count). The Kier molecular flexibility index (Phi) is 4.44. The maximum atomic E-state index is 12.4. The van der Waals surface area contributed by atoms with Crippen LogP contribution < -0.4 is 5.32 Å². The summed E-state index contributed by atoms with van der Waals surface area (Å²) in [5.74, 6) is -0.160. The minimum absolute atomic E-state index is 0.160. The first kappa shape index (κ1) is 14.6. The summed E-state index contributed by atoms with van der Waals surface area (Å²) in [6, 6.07) is 8.47. The second kappa shape index (κ2) is 6.09. The molecular formula is C14H12F3NOS. The molecule has 0 aliphatic heterocycles. The van der Waals surface area contributed by atoms with E-state index >= 15 is 0 Å². The van der Waals surface area contributed by atoms with Gasteiger partial charge in [0, 0.05) is 6.54 Å². The van der Waals surface area contributed by atoms with Gasteiger partial charge in [-0.15, -0.1) is 11.3 Å². The summed E-state index contributed by atoms with van der Waals surface area (Å²) in [7, 11) is 0. The first-order valence-corrected chi connectivity index (χ1v) is 6.82. The summed E-state index contributed by atoms with van der Waals surface area (Å²) < 4.78 is 37.1. The second-order valence-electron chi connectivity index (χ2n) is 4.18. The summed E-state index contributed by atoms with van der Waals surface area (Å²) >= 11 is 1.34. The maximum Gasteiger partial charge on any atom is 0.416 e. The SMILES string of the molecule is O=C(NCCc1ccc(C(F)(F)F)cc1)c1cccs1. The molecule has 0 fully saturated rings. The highest BCUT2D eigenvalue weighted by Gasteiger charge is 2.29. The Morgan fingerprint density at radius 1 is 1.15 bits per heavy atom. The van der Waals surface area contributed by atoms with Crippen LogP contribution >= 0.6 is 11.3 Å². The van der Waals surface area contributed by atoms with E-state index < -0.39 is 11.7 Å². The molecule has 1 aromatic carbocycles. The summed E-state index contributed by atoms with van der Waals surface area (Å²) in [5.41, 5.74) is 0.0911. The van der Waals surface area contributed by atoms with Gasteiger partial charge >= 0.3 is 6.18 Å². The average molecular weight is 299 g/mol. The summed E-state index contributed by atoms with van der Waals surface area (Å²) in [6.45, 7) is 0.391. The number of carbonyl (C=O) groups excluding carboxylic acids is 1. The van der Waals surface area contributed by atoms with Crippen LogP contribution in [0.5, 0.6) is 0 Å². The number of halogens is 3. The topological polar surface area (TPSA) is 29.1 Å². The Labute approximate surface area is 118 Å². The normalized spacial score (nSPS) is 11.3. The lowest BCUT2D eigenvalue weighted by molar-refractivity contribution is -0.137. The molecule has 0 unspecified atom stereocenters. The second-order valence-corrected chi connectivity index (χ2v) is 5.13.